The van der Waals surface area contributed by atoms with E-state index in [2.05, 4.69) is 5.32 Å². The van der Waals surface area contributed by atoms with Crippen LogP contribution in [-0.2, 0) is 11.2 Å². The number of amides is 1. The van der Waals surface area contributed by atoms with Gasteiger partial charge in [-0.25, -0.2) is 0 Å². The Morgan fingerprint density at radius 1 is 1.17 bits per heavy atom. The molecule has 2 aromatic rings. The zero-order valence-corrected chi connectivity index (χ0v) is 14.5. The van der Waals surface area contributed by atoms with Crippen molar-refractivity contribution in [3.63, 3.8) is 0 Å². The molecule has 128 valence electrons. The second kappa shape index (κ2) is 7.97. The number of hydrogen-bond acceptors (Lipinski definition) is 3. The van der Waals surface area contributed by atoms with Gasteiger partial charge < -0.3 is 15.2 Å². The van der Waals surface area contributed by atoms with E-state index in [0.29, 0.717) is 6.42 Å². The number of methoxy groups -OCH3 is 1. The molecule has 1 amide bonds. The van der Waals surface area contributed by atoms with Crippen LogP contribution in [0.2, 0.25) is 0 Å². The minimum absolute atomic E-state index is 0.103. The minimum Gasteiger partial charge on any atom is -0.497 e. The Hall–Kier alpha value is -2.33. The number of rotatable bonds is 7. The van der Waals surface area contributed by atoms with Gasteiger partial charge in [-0.2, -0.15) is 0 Å². The molecule has 0 aromatic heterocycles. The van der Waals surface area contributed by atoms with Crippen molar-refractivity contribution in [2.75, 3.05) is 13.7 Å². The van der Waals surface area contributed by atoms with Crippen molar-refractivity contribution in [2.45, 2.75) is 31.8 Å². The molecule has 24 heavy (non-hydrogen) atoms. The average molecular weight is 327 g/mol. The molecule has 0 bridgehead atoms. The SMILES string of the molecule is COc1cccc(C(Cc2ccccc2)C(=O)NCC(C)(C)O)c1. The van der Waals surface area contributed by atoms with Crippen molar-refractivity contribution in [3.8, 4) is 5.75 Å². The second-order valence-electron chi connectivity index (χ2n) is 6.55. The Labute approximate surface area is 143 Å². The zero-order chi connectivity index (χ0) is 17.6. The fraction of sp³-hybridized carbons (Fsp3) is 0.350. The lowest BCUT2D eigenvalue weighted by Gasteiger charge is -2.22. The predicted molar refractivity (Wildman–Crippen MR) is 95.2 cm³/mol. The van der Waals surface area contributed by atoms with Gasteiger partial charge in [0.05, 0.1) is 18.6 Å². The first-order valence-electron chi connectivity index (χ1n) is 8.07. The van der Waals surface area contributed by atoms with E-state index >= 15 is 0 Å². The van der Waals surface area contributed by atoms with Crippen LogP contribution in [0.5, 0.6) is 5.75 Å². The summed E-state index contributed by atoms with van der Waals surface area (Å²) in [7, 11) is 1.61. The van der Waals surface area contributed by atoms with Gasteiger partial charge in [0.1, 0.15) is 5.75 Å². The van der Waals surface area contributed by atoms with Crippen molar-refractivity contribution in [1.82, 2.24) is 5.32 Å². The van der Waals surface area contributed by atoms with Crippen LogP contribution in [0, 0.1) is 0 Å². The summed E-state index contributed by atoms with van der Waals surface area (Å²) in [6.45, 7) is 3.55. The highest BCUT2D eigenvalue weighted by Crippen LogP contribution is 2.25. The van der Waals surface area contributed by atoms with E-state index in [4.69, 9.17) is 4.74 Å². The highest BCUT2D eigenvalue weighted by atomic mass is 16.5. The molecule has 2 aromatic carbocycles. The van der Waals surface area contributed by atoms with Crippen LogP contribution >= 0.6 is 0 Å². The van der Waals surface area contributed by atoms with E-state index in [-0.39, 0.29) is 18.4 Å². The highest BCUT2D eigenvalue weighted by Gasteiger charge is 2.23. The van der Waals surface area contributed by atoms with Gasteiger partial charge in [0.2, 0.25) is 5.91 Å². The molecule has 0 aliphatic rings. The van der Waals surface area contributed by atoms with Gasteiger partial charge in [-0.15, -0.1) is 0 Å². The largest absolute Gasteiger partial charge is 0.497 e. The lowest BCUT2D eigenvalue weighted by molar-refractivity contribution is -0.123. The molecule has 0 heterocycles. The quantitative estimate of drug-likeness (QED) is 0.822. The van der Waals surface area contributed by atoms with Crippen molar-refractivity contribution in [2.24, 2.45) is 0 Å². The van der Waals surface area contributed by atoms with Crippen LogP contribution < -0.4 is 10.1 Å². The standard InChI is InChI=1S/C20H25NO3/c1-20(2,23)14-21-19(22)18(12-15-8-5-4-6-9-15)16-10-7-11-17(13-16)24-3/h4-11,13,18,23H,12,14H2,1-3H3,(H,21,22). The summed E-state index contributed by atoms with van der Waals surface area (Å²) in [6, 6.07) is 17.5. The first-order chi connectivity index (χ1) is 11.4. The third kappa shape index (κ3) is 5.39. The molecule has 4 nitrogen and oxygen atoms in total. The maximum absolute atomic E-state index is 12.7. The van der Waals surface area contributed by atoms with Gasteiger partial charge in [-0.3, -0.25) is 4.79 Å². The fourth-order valence-corrected chi connectivity index (χ4v) is 2.50. The predicted octanol–water partition coefficient (Wildman–Crippen LogP) is 2.91. The Kier molecular flexibility index (Phi) is 5.99. The maximum atomic E-state index is 12.7. The minimum atomic E-state index is -0.943. The summed E-state index contributed by atoms with van der Waals surface area (Å²) in [5, 5.41) is 12.7. The number of carbonyl (C=O) groups is 1. The zero-order valence-electron chi connectivity index (χ0n) is 14.5. The summed E-state index contributed by atoms with van der Waals surface area (Å²) in [4.78, 5) is 12.7. The van der Waals surface area contributed by atoms with E-state index in [1.807, 2.05) is 54.6 Å². The fourth-order valence-electron chi connectivity index (χ4n) is 2.50. The second-order valence-corrected chi connectivity index (χ2v) is 6.55. The lowest BCUT2D eigenvalue weighted by atomic mass is 9.90. The monoisotopic (exact) mass is 327 g/mol. The normalized spacial score (nSPS) is 12.5. The Bertz CT molecular complexity index is 662. The van der Waals surface area contributed by atoms with Crippen molar-refractivity contribution in [1.29, 1.82) is 0 Å². The van der Waals surface area contributed by atoms with Crippen molar-refractivity contribution >= 4 is 5.91 Å². The Morgan fingerprint density at radius 3 is 2.50 bits per heavy atom. The van der Waals surface area contributed by atoms with Crippen LogP contribution in [-0.4, -0.2) is 30.3 Å². The number of ether oxygens (including phenoxy) is 1. The molecule has 4 heteroatoms. The molecule has 1 atom stereocenters. The van der Waals surface area contributed by atoms with Crippen molar-refractivity contribution < 1.29 is 14.6 Å². The van der Waals surface area contributed by atoms with Gasteiger partial charge in [0.15, 0.2) is 0 Å². The lowest BCUT2D eigenvalue weighted by Crippen LogP contribution is -2.40. The number of benzene rings is 2. The van der Waals surface area contributed by atoms with Crippen LogP contribution in [0.3, 0.4) is 0 Å². The molecule has 2 rings (SSSR count). The molecule has 2 N–H and O–H groups in total. The third-order valence-corrected chi connectivity index (χ3v) is 3.79. The van der Waals surface area contributed by atoms with Crippen molar-refractivity contribution in [3.05, 3.63) is 65.7 Å². The number of aliphatic hydroxyl groups is 1. The molecule has 1 unspecified atom stereocenters. The molecule has 0 aliphatic carbocycles. The molecular formula is C20H25NO3. The van der Waals surface area contributed by atoms with E-state index in [1.54, 1.807) is 21.0 Å². The molecule has 0 spiro atoms. The summed E-state index contributed by atoms with van der Waals surface area (Å²) in [5.74, 6) is 0.278. The van der Waals surface area contributed by atoms with Gasteiger partial charge >= 0.3 is 0 Å². The van der Waals surface area contributed by atoms with Crippen LogP contribution in [0.4, 0.5) is 0 Å². The Balaban J connectivity index is 2.24. The van der Waals surface area contributed by atoms with Gasteiger partial charge in [0, 0.05) is 6.54 Å². The topological polar surface area (TPSA) is 58.6 Å². The molecule has 0 aliphatic heterocycles. The van der Waals surface area contributed by atoms with E-state index in [9.17, 15) is 9.90 Å². The first-order valence-corrected chi connectivity index (χ1v) is 8.07. The van der Waals surface area contributed by atoms with Gasteiger partial charge in [-0.05, 0) is 43.5 Å². The molecule has 0 fully saturated rings. The number of carbonyl (C=O) groups excluding carboxylic acids is 1. The number of hydrogen-bond donors (Lipinski definition) is 2. The first kappa shape index (κ1) is 18.0. The maximum Gasteiger partial charge on any atom is 0.227 e. The average Bonchev–Trinajstić information content (AvgIpc) is 2.58. The van der Waals surface area contributed by atoms with Crippen LogP contribution in [0.15, 0.2) is 54.6 Å². The molecule has 0 radical (unpaired) electrons. The molecule has 0 saturated heterocycles. The summed E-state index contributed by atoms with van der Waals surface area (Å²) >= 11 is 0. The summed E-state index contributed by atoms with van der Waals surface area (Å²) in [5.41, 5.74) is 1.04. The van der Waals surface area contributed by atoms with Gasteiger partial charge in [0.25, 0.3) is 0 Å². The third-order valence-electron chi connectivity index (χ3n) is 3.79. The van der Waals surface area contributed by atoms with Gasteiger partial charge in [-0.1, -0.05) is 42.5 Å². The van der Waals surface area contributed by atoms with E-state index in [0.717, 1.165) is 16.9 Å². The summed E-state index contributed by atoms with van der Waals surface area (Å²) < 4.78 is 5.28. The number of nitrogens with one attached hydrogen (secondary N) is 1. The smallest absolute Gasteiger partial charge is 0.227 e. The Morgan fingerprint density at radius 2 is 1.88 bits per heavy atom. The van der Waals surface area contributed by atoms with E-state index in [1.165, 1.54) is 0 Å². The van der Waals surface area contributed by atoms with Crippen LogP contribution in [0.1, 0.15) is 30.9 Å². The van der Waals surface area contributed by atoms with E-state index < -0.39 is 5.60 Å². The molecule has 0 saturated carbocycles. The molecular weight excluding hydrogens is 302 g/mol. The summed E-state index contributed by atoms with van der Waals surface area (Å²) in [6.07, 6.45) is 0.589. The van der Waals surface area contributed by atoms with Crippen LogP contribution in [0.25, 0.3) is 0 Å². The highest BCUT2D eigenvalue weighted by molar-refractivity contribution is 5.84.